The van der Waals surface area contributed by atoms with Gasteiger partial charge in [-0.25, -0.2) is 4.79 Å². The lowest BCUT2D eigenvalue weighted by Crippen LogP contribution is -2.55. The summed E-state index contributed by atoms with van der Waals surface area (Å²) in [4.78, 5) is 41.7. The predicted octanol–water partition coefficient (Wildman–Crippen LogP) is 4.92. The average Bonchev–Trinajstić information content (AvgIpc) is 2.69. The maximum absolute atomic E-state index is 14.0. The topological polar surface area (TPSA) is 87.7 Å². The Hall–Kier alpha value is -2.48. The van der Waals surface area contributed by atoms with E-state index >= 15 is 0 Å². The molecule has 0 fully saturated rings. The fraction of sp³-hybridized carbons (Fsp3) is 0.593. The summed E-state index contributed by atoms with van der Waals surface area (Å²) in [5, 5.41) is 5.77. The number of alkyl carbamates (subject to hydrolysis) is 1. The van der Waals surface area contributed by atoms with Crippen LogP contribution in [-0.4, -0.2) is 58.5 Å². The Morgan fingerprint density at radius 2 is 1.69 bits per heavy atom. The molecule has 0 saturated carbocycles. The van der Waals surface area contributed by atoms with E-state index in [4.69, 9.17) is 4.74 Å². The van der Waals surface area contributed by atoms with E-state index in [9.17, 15) is 14.4 Å². The largest absolute Gasteiger partial charge is 0.444 e. The van der Waals surface area contributed by atoms with Crippen LogP contribution in [0.4, 0.5) is 4.79 Å². The standard InChI is InChI=1S/C27H43N3O4S/c1-11-16-30(24(32)20(15-17-35-10)28-25(33)34-27(7,8)9)22(23(31)29-26(4,5)6)21-18(2)13-12-14-19(21)3/h11-14,20,22H,1,15-17H2,2-10H3,(H,28,33)(H,29,31). The number of benzene rings is 1. The molecule has 1 aromatic rings. The van der Waals surface area contributed by atoms with Crippen LogP contribution in [0.3, 0.4) is 0 Å². The van der Waals surface area contributed by atoms with Crippen molar-refractivity contribution in [1.29, 1.82) is 0 Å². The number of ether oxygens (including phenoxy) is 1. The van der Waals surface area contributed by atoms with Gasteiger partial charge in [-0.2, -0.15) is 11.8 Å². The SMILES string of the molecule is C=CCN(C(=O)C(CCSC)NC(=O)OC(C)(C)C)C(C(=O)NC(C)(C)C)c1c(C)cccc1C. The Morgan fingerprint density at radius 1 is 1.11 bits per heavy atom. The first-order valence-corrected chi connectivity index (χ1v) is 13.3. The summed E-state index contributed by atoms with van der Waals surface area (Å²) in [6, 6.07) is 4.04. The number of nitrogens with zero attached hydrogens (tertiary/aromatic N) is 1. The van der Waals surface area contributed by atoms with Gasteiger partial charge in [-0.05, 0) is 90.5 Å². The van der Waals surface area contributed by atoms with E-state index in [0.29, 0.717) is 12.2 Å². The monoisotopic (exact) mass is 505 g/mol. The summed E-state index contributed by atoms with van der Waals surface area (Å²) < 4.78 is 5.41. The minimum Gasteiger partial charge on any atom is -0.444 e. The lowest BCUT2D eigenvalue weighted by Gasteiger charge is -2.36. The van der Waals surface area contributed by atoms with Gasteiger partial charge in [0.2, 0.25) is 11.8 Å². The first-order valence-electron chi connectivity index (χ1n) is 11.9. The molecule has 0 heterocycles. The minimum atomic E-state index is -0.891. The smallest absolute Gasteiger partial charge is 0.408 e. The van der Waals surface area contributed by atoms with Gasteiger partial charge in [0, 0.05) is 12.1 Å². The van der Waals surface area contributed by atoms with Crippen LogP contribution in [0.15, 0.2) is 30.9 Å². The molecule has 0 saturated heterocycles. The Kier molecular flexibility index (Phi) is 11.3. The molecule has 0 aliphatic rings. The van der Waals surface area contributed by atoms with Gasteiger partial charge in [0.1, 0.15) is 17.7 Å². The number of nitrogens with one attached hydrogen (secondary N) is 2. The van der Waals surface area contributed by atoms with Gasteiger partial charge < -0.3 is 20.3 Å². The highest BCUT2D eigenvalue weighted by Crippen LogP contribution is 2.29. The maximum atomic E-state index is 14.0. The van der Waals surface area contributed by atoms with Crippen molar-refractivity contribution in [2.24, 2.45) is 0 Å². The highest BCUT2D eigenvalue weighted by molar-refractivity contribution is 7.98. The first-order chi connectivity index (χ1) is 16.1. The van der Waals surface area contributed by atoms with Crippen LogP contribution in [0.2, 0.25) is 0 Å². The molecule has 0 aromatic heterocycles. The molecule has 1 rings (SSSR count). The molecule has 35 heavy (non-hydrogen) atoms. The fourth-order valence-corrected chi connectivity index (χ4v) is 4.20. The molecule has 3 amide bonds. The van der Waals surface area contributed by atoms with Crippen molar-refractivity contribution in [3.8, 4) is 0 Å². The van der Waals surface area contributed by atoms with E-state index in [-0.39, 0.29) is 18.4 Å². The van der Waals surface area contributed by atoms with Gasteiger partial charge in [0.25, 0.3) is 0 Å². The number of hydrogen-bond acceptors (Lipinski definition) is 5. The third-order valence-electron chi connectivity index (χ3n) is 5.08. The van der Waals surface area contributed by atoms with Gasteiger partial charge in [-0.3, -0.25) is 9.59 Å². The second kappa shape index (κ2) is 13.0. The number of thioether (sulfide) groups is 1. The van der Waals surface area contributed by atoms with E-state index in [2.05, 4.69) is 17.2 Å². The number of carbonyl (C=O) groups excluding carboxylic acids is 3. The molecule has 2 atom stereocenters. The second-order valence-electron chi connectivity index (χ2n) is 10.7. The lowest BCUT2D eigenvalue weighted by atomic mass is 9.92. The molecule has 0 spiro atoms. The number of carbonyl (C=O) groups is 3. The molecular weight excluding hydrogens is 462 g/mol. The molecule has 1 aromatic carbocycles. The van der Waals surface area contributed by atoms with Crippen molar-refractivity contribution >= 4 is 29.7 Å². The molecular formula is C27H43N3O4S. The summed E-state index contributed by atoms with van der Waals surface area (Å²) >= 11 is 1.57. The number of aryl methyl sites for hydroxylation is 2. The van der Waals surface area contributed by atoms with Crippen LogP contribution < -0.4 is 10.6 Å². The Bertz CT molecular complexity index is 882. The first kappa shape index (κ1) is 30.6. The Balaban J connectivity index is 3.55. The normalized spacial score (nSPS) is 13.4. The van der Waals surface area contributed by atoms with E-state index in [1.807, 2.05) is 59.1 Å². The Morgan fingerprint density at radius 3 is 2.14 bits per heavy atom. The summed E-state index contributed by atoms with van der Waals surface area (Å²) in [6.45, 7) is 18.8. The van der Waals surface area contributed by atoms with Gasteiger partial charge >= 0.3 is 6.09 Å². The third-order valence-corrected chi connectivity index (χ3v) is 5.73. The summed E-state index contributed by atoms with van der Waals surface area (Å²) in [7, 11) is 0. The van der Waals surface area contributed by atoms with E-state index in [1.54, 1.807) is 38.6 Å². The fourth-order valence-electron chi connectivity index (χ4n) is 3.73. The van der Waals surface area contributed by atoms with E-state index in [1.165, 1.54) is 4.90 Å². The van der Waals surface area contributed by atoms with E-state index in [0.717, 1.165) is 16.7 Å². The summed E-state index contributed by atoms with van der Waals surface area (Å²) in [6.07, 6.45) is 3.26. The van der Waals surface area contributed by atoms with Crippen LogP contribution in [0.25, 0.3) is 0 Å². The Labute approximate surface area is 215 Å². The number of hydrogen-bond donors (Lipinski definition) is 2. The summed E-state index contributed by atoms with van der Waals surface area (Å²) in [5.74, 6) is 0.00336. The molecule has 2 N–H and O–H groups in total. The molecule has 0 aliphatic heterocycles. The van der Waals surface area contributed by atoms with Gasteiger partial charge in [-0.15, -0.1) is 6.58 Å². The zero-order valence-corrected chi connectivity index (χ0v) is 23.6. The minimum absolute atomic E-state index is 0.139. The highest BCUT2D eigenvalue weighted by Gasteiger charge is 2.37. The molecule has 0 radical (unpaired) electrons. The molecule has 7 nitrogen and oxygen atoms in total. The van der Waals surface area contributed by atoms with Crippen molar-refractivity contribution in [2.45, 2.75) is 85.0 Å². The van der Waals surface area contributed by atoms with Crippen LogP contribution in [0.5, 0.6) is 0 Å². The van der Waals surface area contributed by atoms with Crippen LogP contribution in [0, 0.1) is 13.8 Å². The zero-order chi connectivity index (χ0) is 27.0. The van der Waals surface area contributed by atoms with Gasteiger partial charge in [0.05, 0.1) is 0 Å². The highest BCUT2D eigenvalue weighted by atomic mass is 32.2. The van der Waals surface area contributed by atoms with Crippen molar-refractivity contribution in [3.05, 3.63) is 47.5 Å². The van der Waals surface area contributed by atoms with Crippen LogP contribution in [0.1, 0.15) is 70.7 Å². The van der Waals surface area contributed by atoms with Crippen molar-refractivity contribution in [1.82, 2.24) is 15.5 Å². The average molecular weight is 506 g/mol. The van der Waals surface area contributed by atoms with Gasteiger partial charge in [0.15, 0.2) is 0 Å². The predicted molar refractivity (Wildman–Crippen MR) is 145 cm³/mol. The number of rotatable bonds is 10. The van der Waals surface area contributed by atoms with Crippen molar-refractivity contribution < 1.29 is 19.1 Å². The molecule has 0 bridgehead atoms. The van der Waals surface area contributed by atoms with Crippen molar-refractivity contribution in [2.75, 3.05) is 18.6 Å². The van der Waals surface area contributed by atoms with E-state index < -0.39 is 29.3 Å². The second-order valence-corrected chi connectivity index (χ2v) is 11.7. The molecule has 0 aliphatic carbocycles. The molecule has 196 valence electrons. The molecule has 8 heteroatoms. The quantitative estimate of drug-likeness (QED) is 0.441. The summed E-state index contributed by atoms with van der Waals surface area (Å²) in [5.41, 5.74) is 1.38. The van der Waals surface area contributed by atoms with Crippen molar-refractivity contribution in [3.63, 3.8) is 0 Å². The third kappa shape index (κ3) is 9.96. The number of amides is 3. The maximum Gasteiger partial charge on any atom is 0.408 e. The van der Waals surface area contributed by atoms with Gasteiger partial charge in [-0.1, -0.05) is 24.3 Å². The molecule has 2 unspecified atom stereocenters. The van der Waals surface area contributed by atoms with Crippen LogP contribution in [-0.2, 0) is 14.3 Å². The zero-order valence-electron chi connectivity index (χ0n) is 22.8. The lowest BCUT2D eigenvalue weighted by molar-refractivity contribution is -0.142. The van der Waals surface area contributed by atoms with Crippen LogP contribution >= 0.6 is 11.8 Å².